The Kier molecular flexibility index (Phi) is 3.47. The van der Waals surface area contributed by atoms with Crippen LogP contribution in [0.2, 0.25) is 0 Å². The Morgan fingerprint density at radius 2 is 1.76 bits per heavy atom. The summed E-state index contributed by atoms with van der Waals surface area (Å²) < 4.78 is 0. The van der Waals surface area contributed by atoms with Gasteiger partial charge in [-0.1, -0.05) is 12.1 Å². The maximum Gasteiger partial charge on any atom is 0.292 e. The number of carboxylic acid groups (broad SMARTS) is 1. The van der Waals surface area contributed by atoms with Crippen molar-refractivity contribution in [3.63, 3.8) is 0 Å². The molecule has 110 valence electrons. The number of nitrogens with zero attached hydrogens (tertiary/aromatic N) is 1. The topological polar surface area (TPSA) is 81.9 Å². The molecule has 0 bridgehead atoms. The number of carbonyl (C=O) groups is 3. The fourth-order valence-corrected chi connectivity index (χ4v) is 3.15. The van der Waals surface area contributed by atoms with Crippen LogP contribution in [-0.4, -0.2) is 36.9 Å². The van der Waals surface area contributed by atoms with E-state index in [-0.39, 0.29) is 29.8 Å². The molecular formula is C15H16N2O4. The summed E-state index contributed by atoms with van der Waals surface area (Å²) in [5.41, 5.74) is 0.454. The van der Waals surface area contributed by atoms with Crippen molar-refractivity contribution in [1.29, 1.82) is 0 Å². The Morgan fingerprint density at radius 3 is 2.33 bits per heavy atom. The van der Waals surface area contributed by atoms with E-state index >= 15 is 0 Å². The number of quaternary nitrogens is 1. The molecule has 0 saturated carbocycles. The van der Waals surface area contributed by atoms with Crippen LogP contribution in [0.4, 0.5) is 5.69 Å². The quantitative estimate of drug-likeness (QED) is 0.676. The van der Waals surface area contributed by atoms with E-state index in [0.717, 1.165) is 25.9 Å². The number of aromatic carboxylic acids is 1. The van der Waals surface area contributed by atoms with Gasteiger partial charge in [0.05, 0.1) is 31.2 Å². The molecule has 0 aromatic heterocycles. The minimum atomic E-state index is -1.28. The highest BCUT2D eigenvalue weighted by Crippen LogP contribution is 2.22. The maximum atomic E-state index is 12.5. The second-order valence-electron chi connectivity index (χ2n) is 5.52. The lowest BCUT2D eigenvalue weighted by molar-refractivity contribution is -0.902. The van der Waals surface area contributed by atoms with E-state index in [1.807, 2.05) is 0 Å². The molecule has 0 radical (unpaired) electrons. The van der Waals surface area contributed by atoms with Gasteiger partial charge >= 0.3 is 0 Å². The Bertz CT molecular complexity index is 590. The number of rotatable bonds is 3. The Balaban J connectivity index is 1.82. The van der Waals surface area contributed by atoms with Crippen LogP contribution >= 0.6 is 0 Å². The lowest BCUT2D eigenvalue weighted by Crippen LogP contribution is -3.14. The molecule has 0 spiro atoms. The van der Waals surface area contributed by atoms with Gasteiger partial charge in [-0.3, -0.25) is 9.59 Å². The molecule has 6 heteroatoms. The minimum Gasteiger partial charge on any atom is -0.545 e. The third-order valence-electron chi connectivity index (χ3n) is 4.25. The molecule has 2 heterocycles. The Morgan fingerprint density at radius 1 is 1.14 bits per heavy atom. The summed E-state index contributed by atoms with van der Waals surface area (Å²) in [5.74, 6) is -1.68. The molecule has 1 atom stereocenters. The van der Waals surface area contributed by atoms with Crippen molar-refractivity contribution in [3.05, 3.63) is 29.8 Å². The molecule has 1 aromatic carbocycles. The molecule has 1 N–H and O–H groups in total. The first kappa shape index (κ1) is 13.8. The van der Waals surface area contributed by atoms with Crippen LogP contribution in [0.3, 0.4) is 0 Å². The zero-order valence-electron chi connectivity index (χ0n) is 11.5. The number of hydrogen-bond donors (Lipinski definition) is 1. The Labute approximate surface area is 122 Å². The highest BCUT2D eigenvalue weighted by Gasteiger charge is 2.46. The molecule has 6 nitrogen and oxygen atoms in total. The van der Waals surface area contributed by atoms with Crippen molar-refractivity contribution in [3.8, 4) is 0 Å². The fraction of sp³-hybridized carbons (Fsp3) is 0.400. The van der Waals surface area contributed by atoms with Crippen LogP contribution in [0.15, 0.2) is 24.3 Å². The first-order valence-electron chi connectivity index (χ1n) is 7.10. The first-order valence-corrected chi connectivity index (χ1v) is 7.10. The van der Waals surface area contributed by atoms with E-state index in [1.165, 1.54) is 34.1 Å². The number of carboxylic acids is 1. The Hall–Kier alpha value is -2.21. The minimum absolute atomic E-state index is 0.0274. The average Bonchev–Trinajstić information content (AvgIpc) is 3.07. The summed E-state index contributed by atoms with van der Waals surface area (Å²) in [7, 11) is 0. The number of benzene rings is 1. The van der Waals surface area contributed by atoms with Crippen molar-refractivity contribution in [2.75, 3.05) is 18.0 Å². The van der Waals surface area contributed by atoms with Gasteiger partial charge in [-0.2, -0.15) is 0 Å². The fourth-order valence-electron chi connectivity index (χ4n) is 3.15. The number of anilines is 1. The summed E-state index contributed by atoms with van der Waals surface area (Å²) in [4.78, 5) is 37.7. The summed E-state index contributed by atoms with van der Waals surface area (Å²) in [6.45, 7) is 1.86. The average molecular weight is 288 g/mol. The van der Waals surface area contributed by atoms with Crippen LogP contribution in [0, 0.1) is 0 Å². The number of hydrogen-bond acceptors (Lipinski definition) is 4. The zero-order chi connectivity index (χ0) is 15.0. The monoisotopic (exact) mass is 288 g/mol. The van der Waals surface area contributed by atoms with Gasteiger partial charge in [0.15, 0.2) is 6.04 Å². The molecule has 2 fully saturated rings. The van der Waals surface area contributed by atoms with Crippen molar-refractivity contribution < 1.29 is 24.4 Å². The molecule has 1 aromatic rings. The standard InChI is InChI=1S/C15H16N2O4/c18-13-9-12(16-7-1-2-8-16)14(19)17(13)11-5-3-10(4-6-11)15(20)21/h3-6,12H,1-2,7-9H2,(H,20,21)/t12-/m0/s1. The lowest BCUT2D eigenvalue weighted by Gasteiger charge is -2.19. The number of carbonyl (C=O) groups excluding carboxylic acids is 3. The van der Waals surface area contributed by atoms with Crippen LogP contribution in [-0.2, 0) is 9.59 Å². The number of likely N-dealkylation sites (tertiary alicyclic amines) is 1. The predicted octanol–water partition coefficient (Wildman–Crippen LogP) is -1.64. The van der Waals surface area contributed by atoms with E-state index in [9.17, 15) is 19.5 Å². The normalized spacial score (nSPS) is 23.0. The van der Waals surface area contributed by atoms with Crippen LogP contribution < -0.4 is 14.9 Å². The first-order chi connectivity index (χ1) is 10.1. The van der Waals surface area contributed by atoms with Crippen LogP contribution in [0.1, 0.15) is 29.6 Å². The summed E-state index contributed by atoms with van der Waals surface area (Å²) in [6, 6.07) is 5.36. The maximum absolute atomic E-state index is 12.5. The molecule has 0 aliphatic carbocycles. The second-order valence-corrected chi connectivity index (χ2v) is 5.52. The smallest absolute Gasteiger partial charge is 0.292 e. The highest BCUT2D eigenvalue weighted by atomic mass is 16.4. The largest absolute Gasteiger partial charge is 0.545 e. The van der Waals surface area contributed by atoms with Gasteiger partial charge in [0, 0.05) is 12.8 Å². The lowest BCUT2D eigenvalue weighted by atomic mass is 10.2. The number of nitrogens with one attached hydrogen (secondary N) is 1. The second kappa shape index (κ2) is 5.29. The van der Waals surface area contributed by atoms with Gasteiger partial charge in [-0.05, 0) is 17.7 Å². The molecule has 3 rings (SSSR count). The van der Waals surface area contributed by atoms with Crippen LogP contribution in [0.5, 0.6) is 0 Å². The van der Waals surface area contributed by atoms with Gasteiger partial charge in [-0.25, -0.2) is 4.90 Å². The molecule has 21 heavy (non-hydrogen) atoms. The van der Waals surface area contributed by atoms with Gasteiger partial charge in [-0.15, -0.1) is 0 Å². The van der Waals surface area contributed by atoms with Gasteiger partial charge < -0.3 is 14.8 Å². The van der Waals surface area contributed by atoms with Crippen LogP contribution in [0.25, 0.3) is 0 Å². The molecule has 2 amide bonds. The van der Waals surface area contributed by atoms with Gasteiger partial charge in [0.2, 0.25) is 5.91 Å². The molecule has 2 saturated heterocycles. The van der Waals surface area contributed by atoms with Crippen molar-refractivity contribution >= 4 is 23.5 Å². The van der Waals surface area contributed by atoms with Crippen molar-refractivity contribution in [2.24, 2.45) is 0 Å². The summed E-state index contributed by atoms with van der Waals surface area (Å²) >= 11 is 0. The third-order valence-corrected chi connectivity index (χ3v) is 4.25. The summed E-state index contributed by atoms with van der Waals surface area (Å²) in [5, 5.41) is 10.7. The van der Waals surface area contributed by atoms with E-state index in [1.54, 1.807) is 0 Å². The van der Waals surface area contributed by atoms with E-state index in [0.29, 0.717) is 5.69 Å². The van der Waals surface area contributed by atoms with Crippen molar-refractivity contribution in [2.45, 2.75) is 25.3 Å². The van der Waals surface area contributed by atoms with E-state index in [2.05, 4.69) is 0 Å². The van der Waals surface area contributed by atoms with Crippen molar-refractivity contribution in [1.82, 2.24) is 0 Å². The SMILES string of the molecule is O=C([O-])c1ccc(N2C(=O)C[C@H]([NH+]3CCCC3)C2=O)cc1. The third kappa shape index (κ3) is 2.42. The molecule has 2 aliphatic heterocycles. The highest BCUT2D eigenvalue weighted by molar-refractivity contribution is 6.21. The molecule has 0 unspecified atom stereocenters. The van der Waals surface area contributed by atoms with E-state index < -0.39 is 5.97 Å². The molecule has 2 aliphatic rings. The van der Waals surface area contributed by atoms with E-state index in [4.69, 9.17) is 0 Å². The van der Waals surface area contributed by atoms with Gasteiger partial charge in [0.1, 0.15) is 0 Å². The van der Waals surface area contributed by atoms with Gasteiger partial charge in [0.25, 0.3) is 5.91 Å². The predicted molar refractivity (Wildman–Crippen MR) is 71.6 cm³/mol. The summed E-state index contributed by atoms with van der Waals surface area (Å²) in [6.07, 6.45) is 2.41. The molecular weight excluding hydrogens is 272 g/mol. The number of amides is 2. The zero-order valence-corrected chi connectivity index (χ0v) is 11.5. The number of imide groups is 1.